The monoisotopic (exact) mass is 356 g/mol. The van der Waals surface area contributed by atoms with E-state index in [0.717, 1.165) is 16.7 Å². The standard InChI is InChI=1S/C20H24N2O4/c1-13-6-7-14(2)19(10-13)26-12-20(23)22-21-15(3)17-11-16(24-4)8-9-18(17)25-5/h6-11H,12H2,1-5H3,(H,22,23)/b21-15-. The molecular weight excluding hydrogens is 332 g/mol. The van der Waals surface area contributed by atoms with Gasteiger partial charge in [-0.3, -0.25) is 4.79 Å². The number of nitrogens with zero attached hydrogens (tertiary/aromatic N) is 1. The van der Waals surface area contributed by atoms with Gasteiger partial charge in [0.05, 0.1) is 19.9 Å². The van der Waals surface area contributed by atoms with E-state index in [-0.39, 0.29) is 12.5 Å². The molecular formula is C20H24N2O4. The molecule has 2 aromatic rings. The molecule has 0 fully saturated rings. The Kier molecular flexibility index (Phi) is 6.60. The zero-order chi connectivity index (χ0) is 19.1. The first-order valence-electron chi connectivity index (χ1n) is 8.20. The highest BCUT2D eigenvalue weighted by Crippen LogP contribution is 2.24. The van der Waals surface area contributed by atoms with Crippen LogP contribution < -0.4 is 19.6 Å². The Balaban J connectivity index is 2.02. The second kappa shape index (κ2) is 8.89. The Labute approximate surface area is 153 Å². The number of benzene rings is 2. The van der Waals surface area contributed by atoms with Gasteiger partial charge in [0.25, 0.3) is 5.91 Å². The van der Waals surface area contributed by atoms with E-state index >= 15 is 0 Å². The average Bonchev–Trinajstić information content (AvgIpc) is 2.66. The van der Waals surface area contributed by atoms with Crippen molar-refractivity contribution < 1.29 is 19.0 Å². The summed E-state index contributed by atoms with van der Waals surface area (Å²) in [4.78, 5) is 12.0. The van der Waals surface area contributed by atoms with Gasteiger partial charge < -0.3 is 14.2 Å². The summed E-state index contributed by atoms with van der Waals surface area (Å²) >= 11 is 0. The largest absolute Gasteiger partial charge is 0.497 e. The average molecular weight is 356 g/mol. The van der Waals surface area contributed by atoms with E-state index in [1.54, 1.807) is 39.3 Å². The van der Waals surface area contributed by atoms with Crippen molar-refractivity contribution in [1.29, 1.82) is 0 Å². The van der Waals surface area contributed by atoms with Crippen LogP contribution in [-0.2, 0) is 4.79 Å². The molecule has 0 aliphatic carbocycles. The molecule has 2 aromatic carbocycles. The van der Waals surface area contributed by atoms with Crippen molar-refractivity contribution in [1.82, 2.24) is 5.43 Å². The molecule has 0 spiro atoms. The van der Waals surface area contributed by atoms with Crippen molar-refractivity contribution in [2.24, 2.45) is 5.10 Å². The lowest BCUT2D eigenvalue weighted by Gasteiger charge is -2.11. The van der Waals surface area contributed by atoms with Crippen LogP contribution in [0.25, 0.3) is 0 Å². The van der Waals surface area contributed by atoms with Gasteiger partial charge in [0.15, 0.2) is 6.61 Å². The van der Waals surface area contributed by atoms with Gasteiger partial charge in [-0.05, 0) is 56.2 Å². The van der Waals surface area contributed by atoms with E-state index < -0.39 is 0 Å². The number of ether oxygens (including phenoxy) is 3. The molecule has 0 saturated heterocycles. The maximum atomic E-state index is 12.0. The Morgan fingerprint density at radius 2 is 1.81 bits per heavy atom. The first-order valence-corrected chi connectivity index (χ1v) is 8.20. The Morgan fingerprint density at radius 3 is 2.50 bits per heavy atom. The first kappa shape index (κ1) is 19.3. The molecule has 0 heterocycles. The molecule has 6 heteroatoms. The molecule has 138 valence electrons. The minimum absolute atomic E-state index is 0.115. The van der Waals surface area contributed by atoms with Crippen LogP contribution in [0.3, 0.4) is 0 Å². The van der Waals surface area contributed by atoms with Crippen LogP contribution in [0.15, 0.2) is 41.5 Å². The molecule has 1 N–H and O–H groups in total. The van der Waals surface area contributed by atoms with Crippen LogP contribution in [-0.4, -0.2) is 32.4 Å². The van der Waals surface area contributed by atoms with Crippen molar-refractivity contribution >= 4 is 11.6 Å². The molecule has 26 heavy (non-hydrogen) atoms. The quantitative estimate of drug-likeness (QED) is 0.611. The molecule has 0 aliphatic rings. The van der Waals surface area contributed by atoms with Crippen LogP contribution >= 0.6 is 0 Å². The zero-order valence-corrected chi connectivity index (χ0v) is 15.8. The van der Waals surface area contributed by atoms with E-state index in [2.05, 4.69) is 10.5 Å². The van der Waals surface area contributed by atoms with Gasteiger partial charge in [-0.2, -0.15) is 5.10 Å². The summed E-state index contributed by atoms with van der Waals surface area (Å²) in [5, 5.41) is 4.13. The summed E-state index contributed by atoms with van der Waals surface area (Å²) < 4.78 is 16.1. The predicted octanol–water partition coefficient (Wildman–Crippen LogP) is 3.24. The fourth-order valence-electron chi connectivity index (χ4n) is 2.34. The summed E-state index contributed by atoms with van der Waals surface area (Å²) in [6, 6.07) is 11.2. The van der Waals surface area contributed by atoms with Gasteiger partial charge in [-0.1, -0.05) is 12.1 Å². The molecule has 0 unspecified atom stereocenters. The summed E-state index contributed by atoms with van der Waals surface area (Å²) in [5.41, 5.74) is 5.89. The first-order chi connectivity index (χ1) is 12.4. The van der Waals surface area contributed by atoms with Crippen molar-refractivity contribution in [3.05, 3.63) is 53.1 Å². The van der Waals surface area contributed by atoms with Crippen LogP contribution in [0, 0.1) is 13.8 Å². The molecule has 0 aromatic heterocycles. The van der Waals surface area contributed by atoms with Gasteiger partial charge in [0.1, 0.15) is 17.2 Å². The van der Waals surface area contributed by atoms with Crippen molar-refractivity contribution in [3.8, 4) is 17.2 Å². The van der Waals surface area contributed by atoms with E-state index in [9.17, 15) is 4.79 Å². The number of aryl methyl sites for hydroxylation is 2. The minimum Gasteiger partial charge on any atom is -0.497 e. The predicted molar refractivity (Wildman–Crippen MR) is 101 cm³/mol. The number of hydrazone groups is 1. The smallest absolute Gasteiger partial charge is 0.277 e. The summed E-state index contributed by atoms with van der Waals surface area (Å²) in [6.07, 6.45) is 0. The molecule has 0 atom stereocenters. The maximum absolute atomic E-state index is 12.0. The third kappa shape index (κ3) is 4.99. The van der Waals surface area contributed by atoms with Crippen LogP contribution in [0.1, 0.15) is 23.6 Å². The Hall–Kier alpha value is -3.02. The second-order valence-electron chi connectivity index (χ2n) is 5.86. The topological polar surface area (TPSA) is 69.2 Å². The minimum atomic E-state index is -0.341. The lowest BCUT2D eigenvalue weighted by Crippen LogP contribution is -2.25. The Morgan fingerprint density at radius 1 is 1.04 bits per heavy atom. The number of hydrogen-bond donors (Lipinski definition) is 1. The van der Waals surface area contributed by atoms with Crippen LogP contribution in [0.2, 0.25) is 0 Å². The number of nitrogens with one attached hydrogen (secondary N) is 1. The van der Waals surface area contributed by atoms with Crippen LogP contribution in [0.4, 0.5) is 0 Å². The maximum Gasteiger partial charge on any atom is 0.277 e. The molecule has 6 nitrogen and oxygen atoms in total. The van der Waals surface area contributed by atoms with Gasteiger partial charge >= 0.3 is 0 Å². The van der Waals surface area contributed by atoms with Crippen LogP contribution in [0.5, 0.6) is 17.2 Å². The summed E-state index contributed by atoms with van der Waals surface area (Å²) in [7, 11) is 3.17. The highest BCUT2D eigenvalue weighted by Gasteiger charge is 2.10. The van der Waals surface area contributed by atoms with E-state index in [4.69, 9.17) is 14.2 Å². The lowest BCUT2D eigenvalue weighted by molar-refractivity contribution is -0.123. The third-order valence-electron chi connectivity index (χ3n) is 3.85. The molecule has 1 amide bonds. The fourth-order valence-corrected chi connectivity index (χ4v) is 2.34. The van der Waals surface area contributed by atoms with Crippen molar-refractivity contribution in [2.45, 2.75) is 20.8 Å². The third-order valence-corrected chi connectivity index (χ3v) is 3.85. The second-order valence-corrected chi connectivity index (χ2v) is 5.86. The summed E-state index contributed by atoms with van der Waals surface area (Å²) in [5.74, 6) is 1.68. The number of rotatable bonds is 7. The van der Waals surface area contributed by atoms with E-state index in [0.29, 0.717) is 23.0 Å². The number of methoxy groups -OCH3 is 2. The van der Waals surface area contributed by atoms with Crippen molar-refractivity contribution in [2.75, 3.05) is 20.8 Å². The molecule has 2 rings (SSSR count). The fraction of sp³-hybridized carbons (Fsp3) is 0.300. The van der Waals surface area contributed by atoms with Crippen molar-refractivity contribution in [3.63, 3.8) is 0 Å². The molecule has 0 bridgehead atoms. The van der Waals surface area contributed by atoms with E-state index in [1.807, 2.05) is 32.0 Å². The summed E-state index contributed by atoms with van der Waals surface area (Å²) in [6.45, 7) is 5.57. The number of hydrogen-bond acceptors (Lipinski definition) is 5. The van der Waals surface area contributed by atoms with Gasteiger partial charge in [0.2, 0.25) is 0 Å². The zero-order valence-electron chi connectivity index (χ0n) is 15.8. The lowest BCUT2D eigenvalue weighted by atomic mass is 10.1. The molecule has 0 radical (unpaired) electrons. The van der Waals surface area contributed by atoms with E-state index in [1.165, 1.54) is 0 Å². The highest BCUT2D eigenvalue weighted by molar-refractivity contribution is 6.02. The number of carbonyl (C=O) groups excluding carboxylic acids is 1. The van der Waals surface area contributed by atoms with Gasteiger partial charge in [-0.25, -0.2) is 5.43 Å². The van der Waals surface area contributed by atoms with Gasteiger partial charge in [-0.15, -0.1) is 0 Å². The molecule has 0 aliphatic heterocycles. The number of amides is 1. The highest BCUT2D eigenvalue weighted by atomic mass is 16.5. The normalized spacial score (nSPS) is 11.0. The Bertz CT molecular complexity index is 815. The molecule has 0 saturated carbocycles. The SMILES string of the molecule is COc1ccc(OC)c(/C(C)=N\NC(=O)COc2cc(C)ccc2C)c1. The van der Waals surface area contributed by atoms with Gasteiger partial charge in [0, 0.05) is 5.56 Å². The number of carbonyl (C=O) groups is 1.